The predicted molar refractivity (Wildman–Crippen MR) is 74.2 cm³/mol. The SMILES string of the molecule is COC(=O)c1sc(N2CCC(OC)C2)c(OC)c1N. The van der Waals surface area contributed by atoms with E-state index in [0.29, 0.717) is 16.3 Å². The van der Waals surface area contributed by atoms with Crippen LogP contribution in [0.25, 0.3) is 0 Å². The Balaban J connectivity index is 2.32. The first-order valence-corrected chi connectivity index (χ1v) is 6.76. The third-order valence-corrected chi connectivity index (χ3v) is 4.45. The van der Waals surface area contributed by atoms with Gasteiger partial charge in [0.05, 0.1) is 20.3 Å². The highest BCUT2D eigenvalue weighted by molar-refractivity contribution is 7.19. The second-order valence-electron chi connectivity index (χ2n) is 4.27. The summed E-state index contributed by atoms with van der Waals surface area (Å²) >= 11 is 1.30. The smallest absolute Gasteiger partial charge is 0.350 e. The van der Waals surface area contributed by atoms with Gasteiger partial charge in [0.1, 0.15) is 15.6 Å². The zero-order valence-corrected chi connectivity index (χ0v) is 12.1. The summed E-state index contributed by atoms with van der Waals surface area (Å²) in [4.78, 5) is 14.2. The van der Waals surface area contributed by atoms with Gasteiger partial charge in [-0.3, -0.25) is 0 Å². The van der Waals surface area contributed by atoms with Gasteiger partial charge in [-0.05, 0) is 6.42 Å². The zero-order chi connectivity index (χ0) is 14.0. The fourth-order valence-corrected chi connectivity index (χ4v) is 3.31. The number of esters is 1. The van der Waals surface area contributed by atoms with Crippen LogP contribution in [0.5, 0.6) is 5.75 Å². The summed E-state index contributed by atoms with van der Waals surface area (Å²) < 4.78 is 15.4. The molecule has 1 unspecified atom stereocenters. The van der Waals surface area contributed by atoms with Gasteiger partial charge in [-0.15, -0.1) is 11.3 Å². The number of nitrogens with zero attached hydrogens (tertiary/aromatic N) is 1. The molecule has 1 fully saturated rings. The number of thiophene rings is 1. The zero-order valence-electron chi connectivity index (χ0n) is 11.3. The Hall–Kier alpha value is -1.47. The van der Waals surface area contributed by atoms with Crippen molar-refractivity contribution in [2.75, 3.05) is 45.1 Å². The molecular formula is C12H18N2O4S. The van der Waals surface area contributed by atoms with Crippen LogP contribution in [0, 0.1) is 0 Å². The molecule has 0 saturated carbocycles. The van der Waals surface area contributed by atoms with Crippen LogP contribution in [-0.4, -0.2) is 46.5 Å². The lowest BCUT2D eigenvalue weighted by molar-refractivity contribution is 0.0607. The van der Waals surface area contributed by atoms with Crippen LogP contribution in [0.2, 0.25) is 0 Å². The number of anilines is 2. The third kappa shape index (κ3) is 2.48. The number of methoxy groups -OCH3 is 3. The normalized spacial score (nSPS) is 18.7. The van der Waals surface area contributed by atoms with E-state index in [0.717, 1.165) is 24.5 Å². The topological polar surface area (TPSA) is 74.0 Å². The van der Waals surface area contributed by atoms with Gasteiger partial charge in [0.2, 0.25) is 0 Å². The summed E-state index contributed by atoms with van der Waals surface area (Å²) in [5, 5.41) is 0.861. The molecule has 0 aliphatic carbocycles. The maximum atomic E-state index is 11.7. The third-order valence-electron chi connectivity index (χ3n) is 3.22. The number of hydrogen-bond acceptors (Lipinski definition) is 7. The molecule has 0 amide bonds. The van der Waals surface area contributed by atoms with E-state index in [1.165, 1.54) is 18.4 Å². The Labute approximate surface area is 116 Å². The highest BCUT2D eigenvalue weighted by Crippen LogP contribution is 2.46. The molecule has 0 aromatic carbocycles. The molecular weight excluding hydrogens is 268 g/mol. The Morgan fingerprint density at radius 3 is 2.68 bits per heavy atom. The lowest BCUT2D eigenvalue weighted by atomic mass is 10.3. The Morgan fingerprint density at radius 1 is 1.42 bits per heavy atom. The summed E-state index contributed by atoms with van der Waals surface area (Å²) in [6.07, 6.45) is 1.15. The Kier molecular flexibility index (Phi) is 4.16. The number of nitrogen functional groups attached to an aromatic ring is 1. The van der Waals surface area contributed by atoms with Gasteiger partial charge in [-0.1, -0.05) is 0 Å². The van der Waals surface area contributed by atoms with Crippen molar-refractivity contribution in [3.8, 4) is 5.75 Å². The van der Waals surface area contributed by atoms with Gasteiger partial charge in [0.25, 0.3) is 0 Å². The van der Waals surface area contributed by atoms with Crippen molar-refractivity contribution in [3.63, 3.8) is 0 Å². The molecule has 106 valence electrons. The van der Waals surface area contributed by atoms with E-state index in [1.807, 2.05) is 0 Å². The number of carbonyl (C=O) groups excluding carboxylic acids is 1. The van der Waals surface area contributed by atoms with Crippen LogP contribution in [0.1, 0.15) is 16.1 Å². The molecule has 0 bridgehead atoms. The van der Waals surface area contributed by atoms with Gasteiger partial charge >= 0.3 is 5.97 Å². The Morgan fingerprint density at radius 2 is 2.16 bits per heavy atom. The van der Waals surface area contributed by atoms with Gasteiger partial charge in [0.15, 0.2) is 5.75 Å². The molecule has 1 aliphatic rings. The first kappa shape index (κ1) is 14.0. The van der Waals surface area contributed by atoms with Gasteiger partial charge in [-0.25, -0.2) is 4.79 Å². The van der Waals surface area contributed by atoms with E-state index < -0.39 is 5.97 Å². The molecule has 1 aliphatic heterocycles. The van der Waals surface area contributed by atoms with Gasteiger partial charge in [0, 0.05) is 20.2 Å². The predicted octanol–water partition coefficient (Wildman–Crippen LogP) is 1.35. The van der Waals surface area contributed by atoms with E-state index in [-0.39, 0.29) is 6.10 Å². The molecule has 1 aromatic rings. The molecule has 0 radical (unpaired) electrons. The summed E-state index contributed by atoms with van der Waals surface area (Å²) in [5.41, 5.74) is 6.30. The minimum absolute atomic E-state index is 0.203. The van der Waals surface area contributed by atoms with E-state index in [9.17, 15) is 4.79 Å². The minimum atomic E-state index is -0.436. The van der Waals surface area contributed by atoms with E-state index in [4.69, 9.17) is 19.9 Å². The van der Waals surface area contributed by atoms with Gasteiger partial charge < -0.3 is 24.8 Å². The van der Waals surface area contributed by atoms with Gasteiger partial charge in [-0.2, -0.15) is 0 Å². The number of hydrogen-bond donors (Lipinski definition) is 1. The average Bonchev–Trinajstić information content (AvgIpc) is 3.01. The maximum absolute atomic E-state index is 11.7. The van der Waals surface area contributed by atoms with Crippen molar-refractivity contribution < 1.29 is 19.0 Å². The van der Waals surface area contributed by atoms with Crippen LogP contribution in [-0.2, 0) is 9.47 Å². The lowest BCUT2D eigenvalue weighted by Gasteiger charge is -2.17. The maximum Gasteiger partial charge on any atom is 0.350 e. The first-order valence-electron chi connectivity index (χ1n) is 5.94. The van der Waals surface area contributed by atoms with Crippen molar-refractivity contribution in [3.05, 3.63) is 4.88 Å². The van der Waals surface area contributed by atoms with Crippen molar-refractivity contribution >= 4 is 28.0 Å². The average molecular weight is 286 g/mol. The lowest BCUT2D eigenvalue weighted by Crippen LogP contribution is -2.21. The minimum Gasteiger partial charge on any atom is -0.492 e. The molecule has 2 rings (SSSR count). The molecule has 0 spiro atoms. The van der Waals surface area contributed by atoms with Crippen molar-refractivity contribution in [1.29, 1.82) is 0 Å². The van der Waals surface area contributed by atoms with Crippen LogP contribution in [0.4, 0.5) is 10.7 Å². The standard InChI is InChI=1S/C12H18N2O4S/c1-16-7-4-5-14(6-7)11-9(17-2)8(13)10(19-11)12(15)18-3/h7H,4-6,13H2,1-3H3. The number of ether oxygens (including phenoxy) is 3. The fraction of sp³-hybridized carbons (Fsp3) is 0.583. The van der Waals surface area contributed by atoms with E-state index >= 15 is 0 Å². The quantitative estimate of drug-likeness (QED) is 0.842. The van der Waals surface area contributed by atoms with Crippen molar-refractivity contribution in [2.24, 2.45) is 0 Å². The fourth-order valence-electron chi connectivity index (χ4n) is 2.17. The van der Waals surface area contributed by atoms with E-state index in [1.54, 1.807) is 14.2 Å². The second-order valence-corrected chi connectivity index (χ2v) is 5.27. The summed E-state index contributed by atoms with van der Waals surface area (Å²) in [6, 6.07) is 0. The summed E-state index contributed by atoms with van der Waals surface area (Å²) in [5.74, 6) is 0.108. The van der Waals surface area contributed by atoms with Crippen molar-refractivity contribution in [1.82, 2.24) is 0 Å². The summed E-state index contributed by atoms with van der Waals surface area (Å²) in [7, 11) is 4.59. The number of nitrogens with two attached hydrogens (primary N) is 1. The largest absolute Gasteiger partial charge is 0.492 e. The van der Waals surface area contributed by atoms with Crippen molar-refractivity contribution in [2.45, 2.75) is 12.5 Å². The molecule has 2 N–H and O–H groups in total. The van der Waals surface area contributed by atoms with Crippen LogP contribution < -0.4 is 15.4 Å². The van der Waals surface area contributed by atoms with Crippen LogP contribution in [0.3, 0.4) is 0 Å². The highest BCUT2D eigenvalue weighted by Gasteiger charge is 2.30. The molecule has 19 heavy (non-hydrogen) atoms. The highest BCUT2D eigenvalue weighted by atomic mass is 32.1. The number of rotatable bonds is 4. The number of carbonyl (C=O) groups is 1. The molecule has 7 heteroatoms. The molecule has 1 saturated heterocycles. The molecule has 6 nitrogen and oxygen atoms in total. The van der Waals surface area contributed by atoms with Crippen LogP contribution >= 0.6 is 11.3 Å². The first-order chi connectivity index (χ1) is 9.12. The second kappa shape index (κ2) is 5.66. The van der Waals surface area contributed by atoms with Crippen LogP contribution in [0.15, 0.2) is 0 Å². The monoisotopic (exact) mass is 286 g/mol. The van der Waals surface area contributed by atoms with E-state index in [2.05, 4.69) is 4.90 Å². The molecule has 1 aromatic heterocycles. The molecule has 2 heterocycles. The molecule has 1 atom stereocenters. The summed E-state index contributed by atoms with van der Waals surface area (Å²) in [6.45, 7) is 1.63. The Bertz CT molecular complexity index is 475.